The highest BCUT2D eigenvalue weighted by atomic mass is 28.4. The Kier molecular flexibility index (Phi) is 30.8. The number of rotatable bonds is 24. The van der Waals surface area contributed by atoms with E-state index >= 15 is 0 Å². The summed E-state index contributed by atoms with van der Waals surface area (Å²) in [4.78, 5) is 34.5. The summed E-state index contributed by atoms with van der Waals surface area (Å²) in [6, 6.07) is 3.74. The minimum Gasteiger partial charge on any atom is -0.469 e. The van der Waals surface area contributed by atoms with E-state index in [1.165, 1.54) is 14.2 Å². The van der Waals surface area contributed by atoms with Gasteiger partial charge in [0.05, 0.1) is 49.8 Å². The first-order valence-corrected chi connectivity index (χ1v) is 31.9. The van der Waals surface area contributed by atoms with Crippen LogP contribution >= 0.6 is 0 Å². The molecule has 0 bridgehead atoms. The van der Waals surface area contributed by atoms with Crippen LogP contribution in [0.4, 0.5) is 5.88 Å². The lowest BCUT2D eigenvalue weighted by atomic mass is 9.88. The number of nitriles is 1. The van der Waals surface area contributed by atoms with Crippen molar-refractivity contribution in [2.75, 3.05) is 46.4 Å². The number of aliphatic hydroxyl groups is 1. The smallest absolute Gasteiger partial charge is 0.313 e. The van der Waals surface area contributed by atoms with Gasteiger partial charge in [0, 0.05) is 36.7 Å². The van der Waals surface area contributed by atoms with E-state index < -0.39 is 41.2 Å². The van der Waals surface area contributed by atoms with Gasteiger partial charge in [-0.05, 0) is 77.6 Å². The van der Waals surface area contributed by atoms with Crippen molar-refractivity contribution in [1.82, 2.24) is 5.16 Å². The summed E-state index contributed by atoms with van der Waals surface area (Å²) in [6.07, 6.45) is -0.0318. The summed E-state index contributed by atoms with van der Waals surface area (Å²) in [6.45, 7) is 57.1. The average molecular weight is 1030 g/mol. The van der Waals surface area contributed by atoms with Crippen LogP contribution < -0.4 is 5.73 Å². The van der Waals surface area contributed by atoms with Gasteiger partial charge < -0.3 is 38.1 Å². The van der Waals surface area contributed by atoms with E-state index in [0.717, 1.165) is 5.69 Å². The Balaban J connectivity index is -0.000000870. The van der Waals surface area contributed by atoms with Crippen LogP contribution in [0, 0.1) is 27.6 Å². The molecule has 1 rings (SSSR count). The largest absolute Gasteiger partial charge is 0.469 e. The molecule has 0 amide bonds. The number of nitrogens with zero attached hydrogens (tertiary/aromatic N) is 2. The molecule has 13 nitrogen and oxygen atoms in total. The summed E-state index contributed by atoms with van der Waals surface area (Å²) in [5.41, 5.74) is 9.23. The quantitative estimate of drug-likeness (QED) is 0.0734. The molecule has 0 unspecified atom stereocenters. The second-order valence-corrected chi connectivity index (χ2v) is 40.7. The van der Waals surface area contributed by atoms with Gasteiger partial charge in [0.25, 0.3) is 0 Å². The monoisotopic (exact) mass is 1030 g/mol. The Hall–Kier alpha value is -2.40. The highest BCUT2D eigenvalue weighted by Crippen LogP contribution is 2.46. The van der Waals surface area contributed by atoms with Crippen LogP contribution in [0.25, 0.3) is 0 Å². The minimum atomic E-state index is -1.94. The summed E-state index contributed by atoms with van der Waals surface area (Å²) < 4.78 is 33.8. The average Bonchev–Trinajstić information content (AvgIpc) is 3.67. The number of carbonyl (C=O) groups is 3. The number of hydrogen-bond donors (Lipinski definition) is 2. The number of Topliss-reactive ketones (excluding diaryl/α,β-unsaturated/α-hetero) is 1. The highest BCUT2D eigenvalue weighted by molar-refractivity contribution is 6.78. The first-order valence-electron chi connectivity index (χ1n) is 25.4. The molecule has 0 radical (unpaired) electrons. The molecule has 1 aromatic heterocycles. The van der Waals surface area contributed by atoms with Gasteiger partial charge in [-0.3, -0.25) is 14.4 Å². The molecule has 0 fully saturated rings. The van der Waals surface area contributed by atoms with E-state index in [0.29, 0.717) is 75.6 Å². The minimum absolute atomic E-state index is 0.0285. The van der Waals surface area contributed by atoms with Gasteiger partial charge in [-0.1, -0.05) is 157 Å². The SMILES string of the molecule is CC(C)[Si](OCC(C)(C)C(=O)CC#N)(C(C)C)C(C)C.CC(C)[Si](OCC(C)(C)c1cc(N)on1)(C(C)C)C(C)C.COC(=O)C(C)(C)CO.COC(=O)C(C)(C)CO[Si](C(C)C)(C(C)C)C(C)C. The van der Waals surface area contributed by atoms with E-state index in [1.54, 1.807) is 19.9 Å². The van der Waals surface area contributed by atoms with Gasteiger partial charge in [0.2, 0.25) is 5.88 Å². The van der Waals surface area contributed by atoms with Gasteiger partial charge in [-0.25, -0.2) is 0 Å². The Morgan fingerprint density at radius 3 is 1.10 bits per heavy atom. The Bertz CT molecular complexity index is 1630. The van der Waals surface area contributed by atoms with Crippen molar-refractivity contribution in [3.05, 3.63) is 11.8 Å². The molecule has 0 aliphatic carbocycles. The number of aliphatic hydroxyl groups excluding tert-OH is 1. The van der Waals surface area contributed by atoms with Gasteiger partial charge in [-0.2, -0.15) is 5.26 Å². The first-order chi connectivity index (χ1) is 31.1. The van der Waals surface area contributed by atoms with Gasteiger partial charge in [-0.15, -0.1) is 0 Å². The molecule has 0 atom stereocenters. The predicted molar refractivity (Wildman–Crippen MR) is 293 cm³/mol. The maximum absolute atomic E-state index is 12.0. The molecule has 0 aromatic carbocycles. The molecule has 16 heteroatoms. The summed E-state index contributed by atoms with van der Waals surface area (Å²) in [5.74, 6) is -0.256. The molecule has 1 aromatic rings. The summed E-state index contributed by atoms with van der Waals surface area (Å²) in [7, 11) is -2.96. The zero-order valence-corrected chi connectivity index (χ0v) is 52.4. The third-order valence-corrected chi connectivity index (χ3v) is 32.4. The van der Waals surface area contributed by atoms with Crippen LogP contribution in [0.15, 0.2) is 10.6 Å². The number of ketones is 1. The van der Waals surface area contributed by atoms with E-state index in [2.05, 4.69) is 148 Å². The number of carbonyl (C=O) groups excluding carboxylic acids is 3. The normalized spacial score (nSPS) is 13.1. The molecule has 0 saturated carbocycles. The zero-order valence-electron chi connectivity index (χ0n) is 49.4. The van der Waals surface area contributed by atoms with E-state index in [9.17, 15) is 14.4 Å². The molecule has 0 spiro atoms. The van der Waals surface area contributed by atoms with Gasteiger partial charge in [0.1, 0.15) is 0 Å². The fraction of sp³-hybridized carbons (Fsp3) is 0.868. The number of methoxy groups -OCH3 is 2. The maximum Gasteiger partial charge on any atom is 0.313 e. The number of aromatic nitrogens is 1. The second-order valence-electron chi connectivity index (χ2n) is 24.4. The van der Waals surface area contributed by atoms with Crippen LogP contribution in [0.1, 0.15) is 192 Å². The Morgan fingerprint density at radius 2 is 0.870 bits per heavy atom. The van der Waals surface area contributed by atoms with Crippen molar-refractivity contribution in [2.24, 2.45) is 16.2 Å². The Morgan fingerprint density at radius 1 is 0.580 bits per heavy atom. The van der Waals surface area contributed by atoms with Crippen molar-refractivity contribution in [3.63, 3.8) is 0 Å². The molecule has 69 heavy (non-hydrogen) atoms. The lowest BCUT2D eigenvalue weighted by molar-refractivity contribution is -0.153. The van der Waals surface area contributed by atoms with Gasteiger partial charge in [0.15, 0.2) is 30.7 Å². The number of ether oxygens (including phenoxy) is 2. The molecular formula is C53H107N3O10Si3. The Labute approximate surface area is 426 Å². The molecule has 406 valence electrons. The molecule has 0 saturated heterocycles. The second kappa shape index (κ2) is 30.0. The van der Waals surface area contributed by atoms with E-state index in [-0.39, 0.29) is 36.2 Å². The van der Waals surface area contributed by atoms with Crippen LogP contribution in [0.3, 0.4) is 0 Å². The fourth-order valence-corrected chi connectivity index (χ4v) is 27.0. The topological polar surface area (TPSA) is 193 Å². The van der Waals surface area contributed by atoms with Crippen LogP contribution in [-0.2, 0) is 42.6 Å². The van der Waals surface area contributed by atoms with Crippen molar-refractivity contribution in [1.29, 1.82) is 5.26 Å². The number of nitrogens with two attached hydrogens (primary N) is 1. The number of anilines is 1. The molecule has 1 heterocycles. The lowest BCUT2D eigenvalue weighted by Crippen LogP contribution is -2.50. The summed E-state index contributed by atoms with van der Waals surface area (Å²) >= 11 is 0. The standard InChI is InChI=1S/C16H32N2O2Si.C16H31NO2Si.C15H32O3Si.C6H12O3/c1-11(2)21(12(3)4,13(5)6)19-10-16(7,8)14-9-15(17)20-18-14;1-12(2)20(13(3)4,14(5)6)19-11-16(7,8)15(18)9-10-17;1-11(2)19(12(3)4,13(5)6)18-10-15(7,8)14(16)17-9;1-6(2,4-7)5(8)9-3/h9,11-13H,10,17H2,1-8H3;12-14H,9,11H2,1-8H3;11-13H,10H2,1-9H3;7H,4H2,1-3H3. The van der Waals surface area contributed by atoms with Crippen molar-refractivity contribution in [3.8, 4) is 6.07 Å². The van der Waals surface area contributed by atoms with Gasteiger partial charge >= 0.3 is 11.9 Å². The lowest BCUT2D eigenvalue weighted by Gasteiger charge is -2.43. The third kappa shape index (κ3) is 19.9. The molecule has 3 N–H and O–H groups in total. The van der Waals surface area contributed by atoms with Crippen LogP contribution in [0.2, 0.25) is 49.9 Å². The first kappa shape index (κ1) is 70.9. The fourth-order valence-electron chi connectivity index (χ4n) is 10.2. The number of hydrogen-bond acceptors (Lipinski definition) is 13. The van der Waals surface area contributed by atoms with Crippen LogP contribution in [0.5, 0.6) is 0 Å². The zero-order chi connectivity index (χ0) is 55.5. The van der Waals surface area contributed by atoms with Crippen molar-refractivity contribution >= 4 is 48.6 Å². The summed E-state index contributed by atoms with van der Waals surface area (Å²) in [5, 5.41) is 21.3. The van der Waals surface area contributed by atoms with E-state index in [4.69, 9.17) is 38.6 Å². The van der Waals surface area contributed by atoms with E-state index in [1.807, 2.05) is 33.8 Å². The number of nitrogen functional groups attached to an aromatic ring is 1. The maximum atomic E-state index is 12.0. The number of esters is 2. The van der Waals surface area contributed by atoms with Crippen molar-refractivity contribution in [2.45, 2.75) is 242 Å². The third-order valence-electron chi connectivity index (χ3n) is 14.3. The highest BCUT2D eigenvalue weighted by Gasteiger charge is 2.49. The molecule has 0 aliphatic heterocycles. The predicted octanol–water partition coefficient (Wildman–Crippen LogP) is 14.0. The molecule has 0 aliphatic rings. The van der Waals surface area contributed by atoms with Crippen LogP contribution in [-0.4, -0.2) is 93.6 Å². The molecular weight excluding hydrogens is 923 g/mol. The van der Waals surface area contributed by atoms with Crippen molar-refractivity contribution < 1.29 is 46.8 Å².